The molecule has 0 N–H and O–H groups in total. The molecule has 0 aromatic carbocycles. The summed E-state index contributed by atoms with van der Waals surface area (Å²) in [5.74, 6) is 0.594. The van der Waals surface area contributed by atoms with Crippen molar-refractivity contribution in [2.45, 2.75) is 20.8 Å². The van der Waals surface area contributed by atoms with Crippen molar-refractivity contribution in [3.8, 4) is 0 Å². The smallest absolute Gasteiger partial charge is 0.0903 e. The molecule has 0 amide bonds. The molecule has 1 rings (SSSR count). The molecule has 0 aliphatic rings. The summed E-state index contributed by atoms with van der Waals surface area (Å²) < 4.78 is 0. The van der Waals surface area contributed by atoms with Crippen molar-refractivity contribution < 1.29 is 0 Å². The molecular weight excluding hydrogens is 190 g/mol. The molecular formula is C9H12ClNS. The molecule has 3 heteroatoms. The predicted molar refractivity (Wildman–Crippen MR) is 56.0 cm³/mol. The molecule has 0 saturated carbocycles. The lowest BCUT2D eigenvalue weighted by atomic mass is 10.3. The average Bonchev–Trinajstić information content (AvgIpc) is 2.30. The first-order chi connectivity index (χ1) is 5.63. The van der Waals surface area contributed by atoms with Gasteiger partial charge in [0.05, 0.1) is 15.6 Å². The van der Waals surface area contributed by atoms with Crippen LogP contribution in [0.3, 0.4) is 0 Å². The van der Waals surface area contributed by atoms with E-state index in [1.807, 2.05) is 20.8 Å². The first-order valence-electron chi connectivity index (χ1n) is 3.80. The summed E-state index contributed by atoms with van der Waals surface area (Å²) in [4.78, 5) is 5.56. The molecule has 0 spiro atoms. The Morgan fingerprint density at radius 3 is 2.67 bits per heavy atom. The SMILES string of the molecule is C/C(=C\c1sc(C)nc1C)CCl. The van der Waals surface area contributed by atoms with Gasteiger partial charge in [-0.25, -0.2) is 4.98 Å². The van der Waals surface area contributed by atoms with Crippen molar-refractivity contribution in [1.29, 1.82) is 0 Å². The van der Waals surface area contributed by atoms with E-state index < -0.39 is 0 Å². The quantitative estimate of drug-likeness (QED) is 0.669. The molecule has 66 valence electrons. The number of rotatable bonds is 2. The second-order valence-corrected chi connectivity index (χ2v) is 4.31. The van der Waals surface area contributed by atoms with Crippen LogP contribution in [0, 0.1) is 13.8 Å². The molecule has 1 aromatic heterocycles. The summed E-state index contributed by atoms with van der Waals surface area (Å²) in [6.07, 6.45) is 2.10. The minimum absolute atomic E-state index is 0.594. The van der Waals surface area contributed by atoms with Gasteiger partial charge in [0.1, 0.15) is 0 Å². The van der Waals surface area contributed by atoms with Gasteiger partial charge >= 0.3 is 0 Å². The summed E-state index contributed by atoms with van der Waals surface area (Å²) in [6, 6.07) is 0. The third-order valence-corrected chi connectivity index (χ3v) is 2.97. The molecule has 0 unspecified atom stereocenters. The maximum absolute atomic E-state index is 5.68. The molecule has 0 atom stereocenters. The number of alkyl halides is 1. The van der Waals surface area contributed by atoms with Gasteiger partial charge in [-0.05, 0) is 26.8 Å². The monoisotopic (exact) mass is 201 g/mol. The molecule has 0 aliphatic heterocycles. The maximum atomic E-state index is 5.68. The first-order valence-corrected chi connectivity index (χ1v) is 5.15. The molecule has 0 aliphatic carbocycles. The van der Waals surface area contributed by atoms with Crippen LogP contribution < -0.4 is 0 Å². The topological polar surface area (TPSA) is 12.9 Å². The van der Waals surface area contributed by atoms with E-state index >= 15 is 0 Å². The number of thiazole rings is 1. The summed E-state index contributed by atoms with van der Waals surface area (Å²) in [7, 11) is 0. The van der Waals surface area contributed by atoms with Crippen LogP contribution in [0.25, 0.3) is 6.08 Å². The largest absolute Gasteiger partial charge is 0.246 e. The normalized spacial score (nSPS) is 12.2. The van der Waals surface area contributed by atoms with Crippen LogP contribution in [-0.2, 0) is 0 Å². The number of hydrogen-bond donors (Lipinski definition) is 0. The Labute approximate surface area is 82.1 Å². The first kappa shape index (κ1) is 9.75. The van der Waals surface area contributed by atoms with E-state index in [1.165, 1.54) is 10.5 Å². The third-order valence-electron chi connectivity index (χ3n) is 1.53. The van der Waals surface area contributed by atoms with E-state index in [2.05, 4.69) is 11.1 Å². The summed E-state index contributed by atoms with van der Waals surface area (Å²) in [5, 5.41) is 1.11. The van der Waals surface area contributed by atoms with E-state index in [4.69, 9.17) is 11.6 Å². The fourth-order valence-electron chi connectivity index (χ4n) is 0.943. The molecule has 0 saturated heterocycles. The minimum Gasteiger partial charge on any atom is -0.246 e. The van der Waals surface area contributed by atoms with E-state index in [1.54, 1.807) is 11.3 Å². The van der Waals surface area contributed by atoms with Crippen molar-refractivity contribution in [1.82, 2.24) is 4.98 Å². The van der Waals surface area contributed by atoms with E-state index in [0.717, 1.165) is 10.7 Å². The van der Waals surface area contributed by atoms with Gasteiger partial charge in [0.2, 0.25) is 0 Å². The minimum atomic E-state index is 0.594. The molecule has 12 heavy (non-hydrogen) atoms. The van der Waals surface area contributed by atoms with Crippen molar-refractivity contribution in [2.24, 2.45) is 0 Å². The van der Waals surface area contributed by atoms with Gasteiger partial charge in [0.15, 0.2) is 0 Å². The Balaban J connectivity index is 2.95. The zero-order valence-corrected chi connectivity index (χ0v) is 9.09. The molecule has 1 aromatic rings. The Morgan fingerprint density at radius 2 is 2.25 bits per heavy atom. The van der Waals surface area contributed by atoms with Gasteiger partial charge < -0.3 is 0 Å². The highest BCUT2D eigenvalue weighted by Crippen LogP contribution is 2.20. The Kier molecular flexibility index (Phi) is 3.29. The van der Waals surface area contributed by atoms with Crippen molar-refractivity contribution in [3.63, 3.8) is 0 Å². The highest BCUT2D eigenvalue weighted by Gasteiger charge is 2.01. The lowest BCUT2D eigenvalue weighted by Crippen LogP contribution is -1.78. The van der Waals surface area contributed by atoms with Crippen LogP contribution in [0.5, 0.6) is 0 Å². The second-order valence-electron chi connectivity index (χ2n) is 2.81. The number of aryl methyl sites for hydroxylation is 2. The number of hydrogen-bond acceptors (Lipinski definition) is 2. The van der Waals surface area contributed by atoms with Crippen molar-refractivity contribution >= 4 is 29.0 Å². The van der Waals surface area contributed by atoms with Gasteiger partial charge in [-0.15, -0.1) is 22.9 Å². The number of halogens is 1. The third kappa shape index (κ3) is 2.32. The van der Waals surface area contributed by atoms with E-state index in [0.29, 0.717) is 5.88 Å². The average molecular weight is 202 g/mol. The van der Waals surface area contributed by atoms with Crippen LogP contribution in [0.2, 0.25) is 0 Å². The van der Waals surface area contributed by atoms with Crippen LogP contribution in [0.15, 0.2) is 5.57 Å². The number of aromatic nitrogens is 1. The van der Waals surface area contributed by atoms with Crippen LogP contribution in [0.1, 0.15) is 22.5 Å². The fraction of sp³-hybridized carbons (Fsp3) is 0.444. The van der Waals surface area contributed by atoms with Crippen LogP contribution in [0.4, 0.5) is 0 Å². The van der Waals surface area contributed by atoms with Gasteiger partial charge in [-0.1, -0.05) is 5.57 Å². The van der Waals surface area contributed by atoms with Gasteiger partial charge in [0.25, 0.3) is 0 Å². The standard InChI is InChI=1S/C9H12ClNS/c1-6(5-10)4-9-7(2)11-8(3)12-9/h4H,5H2,1-3H3/b6-4+. The van der Waals surface area contributed by atoms with E-state index in [9.17, 15) is 0 Å². The number of nitrogens with zero attached hydrogens (tertiary/aromatic N) is 1. The maximum Gasteiger partial charge on any atom is 0.0903 e. The van der Waals surface area contributed by atoms with Gasteiger partial charge in [-0.2, -0.15) is 0 Å². The molecule has 0 bridgehead atoms. The zero-order chi connectivity index (χ0) is 9.14. The molecule has 0 radical (unpaired) electrons. The summed E-state index contributed by atoms with van der Waals surface area (Å²) in [6.45, 7) is 6.07. The summed E-state index contributed by atoms with van der Waals surface area (Å²) in [5.41, 5.74) is 2.28. The molecule has 1 heterocycles. The van der Waals surface area contributed by atoms with Crippen LogP contribution in [-0.4, -0.2) is 10.9 Å². The highest BCUT2D eigenvalue weighted by atomic mass is 35.5. The van der Waals surface area contributed by atoms with Crippen molar-refractivity contribution in [2.75, 3.05) is 5.88 Å². The Hall–Kier alpha value is -0.340. The number of allylic oxidation sites excluding steroid dienone is 1. The van der Waals surface area contributed by atoms with Crippen molar-refractivity contribution in [3.05, 3.63) is 21.2 Å². The van der Waals surface area contributed by atoms with Crippen LogP contribution >= 0.6 is 22.9 Å². The lowest BCUT2D eigenvalue weighted by Gasteiger charge is -1.91. The lowest BCUT2D eigenvalue weighted by molar-refractivity contribution is 1.19. The van der Waals surface area contributed by atoms with E-state index in [-0.39, 0.29) is 0 Å². The Morgan fingerprint density at radius 1 is 1.58 bits per heavy atom. The van der Waals surface area contributed by atoms with Gasteiger partial charge in [0, 0.05) is 5.88 Å². The second kappa shape index (κ2) is 4.06. The molecule has 0 fully saturated rings. The highest BCUT2D eigenvalue weighted by molar-refractivity contribution is 7.12. The molecule has 1 nitrogen and oxygen atoms in total. The summed E-state index contributed by atoms with van der Waals surface area (Å²) >= 11 is 7.39. The fourth-order valence-corrected chi connectivity index (χ4v) is 1.97. The Bertz CT molecular complexity index is 301. The van der Waals surface area contributed by atoms with Gasteiger partial charge in [-0.3, -0.25) is 0 Å². The predicted octanol–water partition coefficient (Wildman–Crippen LogP) is 3.40. The zero-order valence-electron chi connectivity index (χ0n) is 7.52.